The SMILES string of the molecule is CCOC(=O)c1cnc(S[C@@H](CC)C(=O)Nc2cccc(C(C)=O)c2)nc1N. The van der Waals surface area contributed by atoms with E-state index in [9.17, 15) is 14.4 Å². The highest BCUT2D eigenvalue weighted by Gasteiger charge is 2.21. The van der Waals surface area contributed by atoms with Crippen LogP contribution in [0.25, 0.3) is 0 Å². The van der Waals surface area contributed by atoms with Crippen LogP contribution in [-0.2, 0) is 9.53 Å². The van der Waals surface area contributed by atoms with E-state index in [-0.39, 0.29) is 34.8 Å². The van der Waals surface area contributed by atoms with Gasteiger partial charge in [0.2, 0.25) is 5.91 Å². The molecule has 28 heavy (non-hydrogen) atoms. The van der Waals surface area contributed by atoms with E-state index in [1.165, 1.54) is 13.1 Å². The highest BCUT2D eigenvalue weighted by atomic mass is 32.2. The van der Waals surface area contributed by atoms with Gasteiger partial charge in [0, 0.05) is 17.4 Å². The number of esters is 1. The van der Waals surface area contributed by atoms with Crippen molar-refractivity contribution in [2.75, 3.05) is 17.7 Å². The zero-order valence-electron chi connectivity index (χ0n) is 15.9. The van der Waals surface area contributed by atoms with E-state index in [1.807, 2.05) is 6.92 Å². The quantitative estimate of drug-likeness (QED) is 0.299. The van der Waals surface area contributed by atoms with Crippen LogP contribution in [-0.4, -0.2) is 39.5 Å². The lowest BCUT2D eigenvalue weighted by Gasteiger charge is -2.14. The Morgan fingerprint density at radius 2 is 2.04 bits per heavy atom. The van der Waals surface area contributed by atoms with Crippen molar-refractivity contribution in [2.45, 2.75) is 37.6 Å². The maximum Gasteiger partial charge on any atom is 0.343 e. The number of Topliss-reactive ketones (excluding diaryl/α,β-unsaturated/α-hetero) is 1. The van der Waals surface area contributed by atoms with Crippen molar-refractivity contribution in [1.82, 2.24) is 9.97 Å². The van der Waals surface area contributed by atoms with Gasteiger partial charge in [0.1, 0.15) is 11.4 Å². The van der Waals surface area contributed by atoms with E-state index in [1.54, 1.807) is 31.2 Å². The molecular weight excluding hydrogens is 380 g/mol. The van der Waals surface area contributed by atoms with Crippen LogP contribution >= 0.6 is 11.8 Å². The van der Waals surface area contributed by atoms with Gasteiger partial charge < -0.3 is 15.8 Å². The van der Waals surface area contributed by atoms with Gasteiger partial charge in [-0.15, -0.1) is 0 Å². The number of nitrogens with zero attached hydrogens (tertiary/aromatic N) is 2. The van der Waals surface area contributed by atoms with Crippen molar-refractivity contribution < 1.29 is 19.1 Å². The second kappa shape index (κ2) is 9.84. The van der Waals surface area contributed by atoms with Crippen molar-refractivity contribution in [3.63, 3.8) is 0 Å². The summed E-state index contributed by atoms with van der Waals surface area (Å²) in [6.45, 7) is 5.24. The van der Waals surface area contributed by atoms with Crippen LogP contribution in [0.3, 0.4) is 0 Å². The number of nitrogens with two attached hydrogens (primary N) is 1. The van der Waals surface area contributed by atoms with Crippen LogP contribution in [0.2, 0.25) is 0 Å². The average Bonchev–Trinajstić information content (AvgIpc) is 2.66. The largest absolute Gasteiger partial charge is 0.462 e. The topological polar surface area (TPSA) is 124 Å². The number of amides is 1. The summed E-state index contributed by atoms with van der Waals surface area (Å²) in [5.41, 5.74) is 6.96. The van der Waals surface area contributed by atoms with Crippen LogP contribution < -0.4 is 11.1 Å². The molecule has 0 radical (unpaired) electrons. The molecule has 0 unspecified atom stereocenters. The molecule has 0 fully saturated rings. The average molecular weight is 402 g/mol. The van der Waals surface area contributed by atoms with Crippen LogP contribution in [0.5, 0.6) is 0 Å². The zero-order valence-corrected chi connectivity index (χ0v) is 16.7. The van der Waals surface area contributed by atoms with Gasteiger partial charge in [-0.05, 0) is 32.4 Å². The highest BCUT2D eigenvalue weighted by molar-refractivity contribution is 8.00. The molecule has 3 N–H and O–H groups in total. The molecule has 1 amide bonds. The van der Waals surface area contributed by atoms with E-state index < -0.39 is 11.2 Å². The van der Waals surface area contributed by atoms with Crippen molar-refractivity contribution in [2.24, 2.45) is 0 Å². The molecule has 8 nitrogen and oxygen atoms in total. The Kier molecular flexibility index (Phi) is 7.51. The number of thioether (sulfide) groups is 1. The zero-order chi connectivity index (χ0) is 20.7. The number of anilines is 2. The molecule has 0 saturated heterocycles. The number of nitrogen functional groups attached to an aromatic ring is 1. The van der Waals surface area contributed by atoms with Gasteiger partial charge in [0.15, 0.2) is 10.9 Å². The molecule has 0 aliphatic heterocycles. The minimum atomic E-state index is -0.591. The van der Waals surface area contributed by atoms with E-state index in [0.717, 1.165) is 11.8 Å². The monoisotopic (exact) mass is 402 g/mol. The summed E-state index contributed by atoms with van der Waals surface area (Å²) in [5.74, 6) is -0.917. The third-order valence-corrected chi connectivity index (χ3v) is 4.98. The maximum absolute atomic E-state index is 12.6. The van der Waals surface area contributed by atoms with Gasteiger partial charge in [-0.1, -0.05) is 30.8 Å². The van der Waals surface area contributed by atoms with E-state index in [0.29, 0.717) is 17.7 Å². The highest BCUT2D eigenvalue weighted by Crippen LogP contribution is 2.25. The Morgan fingerprint density at radius 3 is 2.64 bits per heavy atom. The van der Waals surface area contributed by atoms with Gasteiger partial charge in [0.25, 0.3) is 0 Å². The third kappa shape index (κ3) is 5.53. The lowest BCUT2D eigenvalue weighted by Crippen LogP contribution is -2.25. The van der Waals surface area contributed by atoms with Crippen molar-refractivity contribution >= 4 is 40.9 Å². The molecule has 0 aliphatic rings. The van der Waals surface area contributed by atoms with E-state index in [2.05, 4.69) is 15.3 Å². The van der Waals surface area contributed by atoms with E-state index in [4.69, 9.17) is 10.5 Å². The number of carbonyl (C=O) groups excluding carboxylic acids is 3. The summed E-state index contributed by atoms with van der Waals surface area (Å²) in [6, 6.07) is 6.73. The summed E-state index contributed by atoms with van der Waals surface area (Å²) < 4.78 is 4.89. The number of benzene rings is 1. The number of hydrogen-bond acceptors (Lipinski definition) is 8. The molecule has 1 heterocycles. The van der Waals surface area contributed by atoms with Gasteiger partial charge in [0.05, 0.1) is 11.9 Å². The Bertz CT molecular complexity index is 888. The van der Waals surface area contributed by atoms with Crippen LogP contribution in [0, 0.1) is 0 Å². The Labute approximate surface area is 167 Å². The molecule has 148 valence electrons. The van der Waals surface area contributed by atoms with Gasteiger partial charge >= 0.3 is 5.97 Å². The maximum atomic E-state index is 12.6. The fourth-order valence-electron chi connectivity index (χ4n) is 2.29. The summed E-state index contributed by atoms with van der Waals surface area (Å²) in [5, 5.41) is 2.60. The number of rotatable bonds is 8. The fraction of sp³-hybridized carbons (Fsp3) is 0.316. The molecule has 0 bridgehead atoms. The first-order valence-corrected chi connectivity index (χ1v) is 9.61. The second-order valence-corrected chi connectivity index (χ2v) is 6.98. The number of ketones is 1. The number of ether oxygens (including phenoxy) is 1. The van der Waals surface area contributed by atoms with Crippen molar-refractivity contribution in [3.05, 3.63) is 41.6 Å². The van der Waals surface area contributed by atoms with Gasteiger partial charge in [-0.3, -0.25) is 9.59 Å². The molecule has 0 aliphatic carbocycles. The number of carbonyl (C=O) groups is 3. The minimum absolute atomic E-state index is 0.000343. The first-order valence-electron chi connectivity index (χ1n) is 8.73. The molecule has 1 aromatic carbocycles. The van der Waals surface area contributed by atoms with Crippen LogP contribution in [0.1, 0.15) is 47.9 Å². The summed E-state index contributed by atoms with van der Waals surface area (Å²) in [6.07, 6.45) is 1.81. The Morgan fingerprint density at radius 1 is 1.29 bits per heavy atom. The predicted octanol–water partition coefficient (Wildman–Crippen LogP) is 2.95. The summed E-state index contributed by atoms with van der Waals surface area (Å²) in [4.78, 5) is 44.0. The smallest absolute Gasteiger partial charge is 0.343 e. The van der Waals surface area contributed by atoms with Crippen molar-refractivity contribution in [3.8, 4) is 0 Å². The van der Waals surface area contributed by atoms with Gasteiger partial charge in [-0.25, -0.2) is 14.8 Å². The fourth-order valence-corrected chi connectivity index (χ4v) is 3.14. The van der Waals surface area contributed by atoms with E-state index >= 15 is 0 Å². The molecule has 2 rings (SSSR count). The van der Waals surface area contributed by atoms with Crippen LogP contribution in [0.4, 0.5) is 11.5 Å². The van der Waals surface area contributed by atoms with Gasteiger partial charge in [-0.2, -0.15) is 0 Å². The van der Waals surface area contributed by atoms with Crippen molar-refractivity contribution in [1.29, 1.82) is 0 Å². The van der Waals surface area contributed by atoms with Crippen LogP contribution in [0.15, 0.2) is 35.6 Å². The number of hydrogen-bond donors (Lipinski definition) is 2. The Balaban J connectivity index is 2.10. The first-order chi connectivity index (χ1) is 13.3. The molecule has 1 atom stereocenters. The third-order valence-electron chi connectivity index (χ3n) is 3.74. The normalized spacial score (nSPS) is 11.5. The molecule has 0 spiro atoms. The molecule has 9 heteroatoms. The summed E-state index contributed by atoms with van der Waals surface area (Å²) in [7, 11) is 0. The molecule has 1 aromatic heterocycles. The molecule has 2 aromatic rings. The lowest BCUT2D eigenvalue weighted by atomic mass is 10.1. The lowest BCUT2D eigenvalue weighted by molar-refractivity contribution is -0.115. The summed E-state index contributed by atoms with van der Waals surface area (Å²) >= 11 is 1.14. The predicted molar refractivity (Wildman–Crippen MR) is 107 cm³/mol. The Hall–Kier alpha value is -2.94. The molecule has 0 saturated carbocycles. The number of nitrogens with one attached hydrogen (secondary N) is 1. The standard InChI is InChI=1S/C19H22N4O4S/c1-4-15(17(25)22-13-8-6-7-12(9-13)11(3)24)28-19-21-10-14(16(20)23-19)18(26)27-5-2/h6-10,15H,4-5H2,1-3H3,(H,22,25)(H2,20,21,23)/t15-/m0/s1. The number of aromatic nitrogens is 2. The minimum Gasteiger partial charge on any atom is -0.462 e. The first kappa shape index (κ1) is 21.4. The molecular formula is C19H22N4O4S. The second-order valence-electron chi connectivity index (χ2n) is 5.81.